The number of rotatable bonds is 3. The van der Waals surface area contributed by atoms with Crippen LogP contribution in [0.3, 0.4) is 0 Å². The molecule has 0 amide bonds. The molecule has 1 aromatic carbocycles. The Hall–Kier alpha value is -2.04. The van der Waals surface area contributed by atoms with Gasteiger partial charge in [0.1, 0.15) is 11.1 Å². The highest BCUT2D eigenvalue weighted by atomic mass is 35.5. The SMILES string of the molecule is CCc1ccc(-c2ccc(Cl)nc2)cc1C1C(=O)[C@@H]2[C@H](C1=O)[C@H]1CC[C@@H]2O1. The van der Waals surface area contributed by atoms with Crippen LogP contribution in [0.2, 0.25) is 5.15 Å². The van der Waals surface area contributed by atoms with Gasteiger partial charge in [0.2, 0.25) is 0 Å². The first-order valence-electron chi connectivity index (χ1n) is 9.56. The number of pyridine rings is 1. The summed E-state index contributed by atoms with van der Waals surface area (Å²) in [6.07, 6.45) is 4.17. The summed E-state index contributed by atoms with van der Waals surface area (Å²) in [5.74, 6) is -1.03. The molecule has 2 bridgehead atoms. The average Bonchev–Trinajstić information content (AvgIpc) is 3.36. The van der Waals surface area contributed by atoms with Crippen molar-refractivity contribution < 1.29 is 14.3 Å². The minimum atomic E-state index is -0.651. The van der Waals surface area contributed by atoms with Crippen molar-refractivity contribution in [1.29, 1.82) is 0 Å². The second-order valence-corrected chi connectivity index (χ2v) is 8.10. The normalized spacial score (nSPS) is 31.6. The Labute approximate surface area is 162 Å². The van der Waals surface area contributed by atoms with Crippen LogP contribution in [0.25, 0.3) is 11.1 Å². The first kappa shape index (κ1) is 17.1. The van der Waals surface area contributed by atoms with Gasteiger partial charge in [-0.05, 0) is 54.2 Å². The molecule has 1 unspecified atom stereocenters. The minimum Gasteiger partial charge on any atom is -0.373 e. The van der Waals surface area contributed by atoms with E-state index in [1.54, 1.807) is 12.3 Å². The van der Waals surface area contributed by atoms with Crippen molar-refractivity contribution in [3.63, 3.8) is 0 Å². The molecule has 2 aromatic rings. The van der Waals surface area contributed by atoms with Gasteiger partial charge in [-0.15, -0.1) is 0 Å². The molecular formula is C22H20ClNO3. The molecule has 2 aliphatic heterocycles. The molecule has 1 saturated carbocycles. The molecule has 0 N–H and O–H groups in total. The second kappa shape index (κ2) is 6.25. The third-order valence-electron chi connectivity index (χ3n) is 6.40. The molecule has 1 aliphatic carbocycles. The molecule has 3 aliphatic rings. The Bertz CT molecular complexity index is 911. The van der Waals surface area contributed by atoms with Crippen LogP contribution in [0.15, 0.2) is 36.5 Å². The van der Waals surface area contributed by atoms with Crippen LogP contribution < -0.4 is 0 Å². The van der Waals surface area contributed by atoms with Crippen molar-refractivity contribution >= 4 is 23.2 Å². The third kappa shape index (κ3) is 2.50. The zero-order valence-corrected chi connectivity index (χ0v) is 15.8. The number of hydrogen-bond acceptors (Lipinski definition) is 4. The van der Waals surface area contributed by atoms with Crippen LogP contribution in [0, 0.1) is 11.8 Å². The zero-order chi connectivity index (χ0) is 18.7. The summed E-state index contributed by atoms with van der Waals surface area (Å²) >= 11 is 5.90. The van der Waals surface area contributed by atoms with Gasteiger partial charge >= 0.3 is 0 Å². The highest BCUT2D eigenvalue weighted by Gasteiger charge is 2.63. The molecule has 4 nitrogen and oxygen atoms in total. The van der Waals surface area contributed by atoms with Gasteiger partial charge < -0.3 is 4.74 Å². The van der Waals surface area contributed by atoms with Crippen LogP contribution in [-0.4, -0.2) is 28.8 Å². The van der Waals surface area contributed by atoms with Crippen LogP contribution in [-0.2, 0) is 20.7 Å². The van der Waals surface area contributed by atoms with Gasteiger partial charge in [-0.2, -0.15) is 0 Å². The van der Waals surface area contributed by atoms with E-state index in [1.807, 2.05) is 24.3 Å². The Morgan fingerprint density at radius 1 is 1.04 bits per heavy atom. The van der Waals surface area contributed by atoms with E-state index in [2.05, 4.69) is 11.9 Å². The average molecular weight is 382 g/mol. The lowest BCUT2D eigenvalue weighted by molar-refractivity contribution is -0.127. The molecule has 0 spiro atoms. The molecule has 0 radical (unpaired) electrons. The van der Waals surface area contributed by atoms with E-state index in [1.165, 1.54) is 0 Å². The van der Waals surface area contributed by atoms with Crippen molar-refractivity contribution in [2.24, 2.45) is 11.8 Å². The number of benzene rings is 1. The highest BCUT2D eigenvalue weighted by Crippen LogP contribution is 2.52. The number of ether oxygens (including phenoxy) is 1. The van der Waals surface area contributed by atoms with Gasteiger partial charge in [-0.1, -0.05) is 30.7 Å². The number of Topliss-reactive ketones (excluding diaryl/α,β-unsaturated/α-hetero) is 2. The number of aryl methyl sites for hydroxylation is 1. The van der Waals surface area contributed by atoms with Crippen molar-refractivity contribution in [3.05, 3.63) is 52.8 Å². The number of aromatic nitrogens is 1. The Morgan fingerprint density at radius 2 is 1.70 bits per heavy atom. The molecule has 3 heterocycles. The lowest BCUT2D eigenvalue weighted by Gasteiger charge is -2.17. The first-order valence-corrected chi connectivity index (χ1v) is 9.94. The first-order chi connectivity index (χ1) is 13.1. The van der Waals surface area contributed by atoms with Gasteiger partial charge in [-0.3, -0.25) is 9.59 Å². The molecule has 27 heavy (non-hydrogen) atoms. The lowest BCUT2D eigenvalue weighted by atomic mass is 9.81. The summed E-state index contributed by atoms with van der Waals surface area (Å²) in [4.78, 5) is 30.6. The van der Waals surface area contributed by atoms with Crippen LogP contribution in [0.1, 0.15) is 36.8 Å². The van der Waals surface area contributed by atoms with Crippen molar-refractivity contribution in [2.75, 3.05) is 0 Å². The Kier molecular flexibility index (Phi) is 3.95. The topological polar surface area (TPSA) is 56.3 Å². The van der Waals surface area contributed by atoms with Crippen molar-refractivity contribution in [3.8, 4) is 11.1 Å². The molecular weight excluding hydrogens is 362 g/mol. The van der Waals surface area contributed by atoms with E-state index in [-0.39, 0.29) is 35.6 Å². The number of carbonyl (C=O) groups excluding carboxylic acids is 2. The molecule has 3 fully saturated rings. The predicted molar refractivity (Wildman–Crippen MR) is 102 cm³/mol. The summed E-state index contributed by atoms with van der Waals surface area (Å²) in [6, 6.07) is 9.69. The maximum atomic E-state index is 13.2. The Balaban J connectivity index is 1.58. The molecule has 1 aromatic heterocycles. The fourth-order valence-corrected chi connectivity index (χ4v) is 5.26. The fourth-order valence-electron chi connectivity index (χ4n) is 5.14. The zero-order valence-electron chi connectivity index (χ0n) is 15.0. The van der Waals surface area contributed by atoms with Crippen LogP contribution >= 0.6 is 11.6 Å². The summed E-state index contributed by atoms with van der Waals surface area (Å²) in [6.45, 7) is 2.06. The van der Waals surface area contributed by atoms with Gasteiger partial charge in [0, 0.05) is 11.8 Å². The van der Waals surface area contributed by atoms with Gasteiger partial charge in [-0.25, -0.2) is 4.98 Å². The van der Waals surface area contributed by atoms with Crippen molar-refractivity contribution in [2.45, 2.75) is 44.3 Å². The van der Waals surface area contributed by atoms with E-state index >= 15 is 0 Å². The third-order valence-corrected chi connectivity index (χ3v) is 6.62. The van der Waals surface area contributed by atoms with Crippen LogP contribution in [0.4, 0.5) is 0 Å². The molecule has 138 valence electrons. The molecule has 5 heteroatoms. The standard InChI is InChI=1S/C22H20ClNO3/c1-2-11-3-4-12(13-5-8-17(23)24-10-13)9-14(11)18-21(25)19-15-6-7-16(27-15)20(19)22(18)26/h3-5,8-10,15-16,18-20H,2,6-7H2,1H3/t15-,16+,18?,19-,20+. The largest absolute Gasteiger partial charge is 0.373 e. The monoisotopic (exact) mass is 381 g/mol. The van der Waals surface area contributed by atoms with Crippen LogP contribution in [0.5, 0.6) is 0 Å². The van der Waals surface area contributed by atoms with Gasteiger partial charge in [0.05, 0.1) is 24.0 Å². The number of halogens is 1. The maximum Gasteiger partial charge on any atom is 0.154 e. The summed E-state index contributed by atoms with van der Waals surface area (Å²) in [5, 5.41) is 0.439. The predicted octanol–water partition coefficient (Wildman–Crippen LogP) is 3.99. The smallest absolute Gasteiger partial charge is 0.154 e. The number of nitrogens with zero attached hydrogens (tertiary/aromatic N) is 1. The quantitative estimate of drug-likeness (QED) is 0.595. The highest BCUT2D eigenvalue weighted by molar-refractivity contribution is 6.29. The van der Waals surface area contributed by atoms with E-state index < -0.39 is 5.92 Å². The lowest BCUT2D eigenvalue weighted by Crippen LogP contribution is -2.29. The summed E-state index contributed by atoms with van der Waals surface area (Å²) in [7, 11) is 0. The van der Waals surface area contributed by atoms with Gasteiger partial charge in [0.15, 0.2) is 11.6 Å². The number of fused-ring (bicyclic) bond motifs is 5. The van der Waals surface area contributed by atoms with E-state index in [0.29, 0.717) is 5.15 Å². The Morgan fingerprint density at radius 3 is 2.30 bits per heavy atom. The number of ketones is 2. The van der Waals surface area contributed by atoms with E-state index in [4.69, 9.17) is 16.3 Å². The number of carbonyl (C=O) groups is 2. The second-order valence-electron chi connectivity index (χ2n) is 7.72. The minimum absolute atomic E-state index is 0.0540. The number of hydrogen-bond donors (Lipinski definition) is 0. The van der Waals surface area contributed by atoms with Crippen molar-refractivity contribution in [1.82, 2.24) is 4.98 Å². The maximum absolute atomic E-state index is 13.2. The molecule has 5 rings (SSSR count). The molecule has 5 atom stereocenters. The molecule has 2 saturated heterocycles. The summed E-state index contributed by atoms with van der Waals surface area (Å²) in [5.41, 5.74) is 3.78. The summed E-state index contributed by atoms with van der Waals surface area (Å²) < 4.78 is 5.86. The van der Waals surface area contributed by atoms with E-state index in [0.717, 1.165) is 41.5 Å². The van der Waals surface area contributed by atoms with Gasteiger partial charge in [0.25, 0.3) is 0 Å². The van der Waals surface area contributed by atoms with E-state index in [9.17, 15) is 9.59 Å². The fraction of sp³-hybridized carbons (Fsp3) is 0.409.